The summed E-state index contributed by atoms with van der Waals surface area (Å²) < 4.78 is 0. The molecule has 1 atom stereocenters. The molecule has 1 N–H and O–H groups in total. The van der Waals surface area contributed by atoms with Crippen molar-refractivity contribution in [2.45, 2.75) is 32.7 Å². The standard InChI is InChI=1S/C16H23NO2/c1-12-3-5-15(6-4-12)16(19)13(2)17-9-7-14(11-18)8-10-17/h3-6,13-14,18H,7-11H2,1-2H3. The van der Waals surface area contributed by atoms with Crippen LogP contribution >= 0.6 is 0 Å². The SMILES string of the molecule is Cc1ccc(C(=O)C(C)N2CCC(CO)CC2)cc1. The van der Waals surface area contributed by atoms with E-state index in [0.717, 1.165) is 31.5 Å². The van der Waals surface area contributed by atoms with Gasteiger partial charge in [-0.3, -0.25) is 9.69 Å². The van der Waals surface area contributed by atoms with Crippen molar-refractivity contribution in [1.82, 2.24) is 4.90 Å². The van der Waals surface area contributed by atoms with Gasteiger partial charge in [-0.15, -0.1) is 0 Å². The molecule has 1 aromatic carbocycles. The summed E-state index contributed by atoms with van der Waals surface area (Å²) in [4.78, 5) is 14.6. The predicted molar refractivity (Wildman–Crippen MR) is 76.4 cm³/mol. The Labute approximate surface area is 115 Å². The zero-order valence-corrected chi connectivity index (χ0v) is 11.8. The number of ketones is 1. The van der Waals surface area contributed by atoms with Crippen molar-refractivity contribution in [3.63, 3.8) is 0 Å². The van der Waals surface area contributed by atoms with Crippen molar-refractivity contribution in [3.8, 4) is 0 Å². The first kappa shape index (κ1) is 14.2. The van der Waals surface area contributed by atoms with Crippen molar-refractivity contribution >= 4 is 5.78 Å². The molecule has 1 aromatic rings. The molecule has 2 rings (SSSR count). The van der Waals surface area contributed by atoms with Crippen LogP contribution in [0.1, 0.15) is 35.7 Å². The summed E-state index contributed by atoms with van der Waals surface area (Å²) in [7, 11) is 0. The molecule has 0 bridgehead atoms. The largest absolute Gasteiger partial charge is 0.396 e. The minimum absolute atomic E-state index is 0.0673. The number of benzene rings is 1. The van der Waals surface area contributed by atoms with E-state index in [2.05, 4.69) is 4.90 Å². The van der Waals surface area contributed by atoms with E-state index in [1.165, 1.54) is 5.56 Å². The maximum atomic E-state index is 12.4. The third-order valence-electron chi connectivity index (χ3n) is 4.17. The van der Waals surface area contributed by atoms with Crippen molar-refractivity contribution in [2.75, 3.05) is 19.7 Å². The van der Waals surface area contributed by atoms with Crippen LogP contribution in [0.25, 0.3) is 0 Å². The quantitative estimate of drug-likeness (QED) is 0.845. The van der Waals surface area contributed by atoms with Crippen molar-refractivity contribution in [1.29, 1.82) is 0 Å². The molecule has 19 heavy (non-hydrogen) atoms. The molecular formula is C16H23NO2. The Bertz CT molecular complexity index is 419. The number of rotatable bonds is 4. The minimum Gasteiger partial charge on any atom is -0.396 e. The van der Waals surface area contributed by atoms with Gasteiger partial charge in [-0.25, -0.2) is 0 Å². The molecule has 1 fully saturated rings. The van der Waals surface area contributed by atoms with Crippen LogP contribution in [0.3, 0.4) is 0 Å². The van der Waals surface area contributed by atoms with Crippen LogP contribution < -0.4 is 0 Å². The molecule has 1 unspecified atom stereocenters. The lowest BCUT2D eigenvalue weighted by Gasteiger charge is -2.34. The van der Waals surface area contributed by atoms with Gasteiger partial charge in [-0.1, -0.05) is 29.8 Å². The van der Waals surface area contributed by atoms with Gasteiger partial charge in [0.2, 0.25) is 0 Å². The summed E-state index contributed by atoms with van der Waals surface area (Å²) >= 11 is 0. The number of carbonyl (C=O) groups is 1. The Kier molecular flexibility index (Phi) is 4.72. The molecule has 1 aliphatic heterocycles. The highest BCUT2D eigenvalue weighted by Gasteiger charge is 2.26. The number of carbonyl (C=O) groups excluding carboxylic acids is 1. The number of Topliss-reactive ketones (excluding diaryl/α,β-unsaturated/α-hetero) is 1. The Hall–Kier alpha value is -1.19. The lowest BCUT2D eigenvalue weighted by Crippen LogP contribution is -2.44. The average molecular weight is 261 g/mol. The van der Waals surface area contributed by atoms with E-state index in [1.54, 1.807) is 0 Å². The van der Waals surface area contributed by atoms with Gasteiger partial charge < -0.3 is 5.11 Å². The summed E-state index contributed by atoms with van der Waals surface area (Å²) in [6.45, 7) is 6.10. The van der Waals surface area contributed by atoms with Crippen LogP contribution in [0, 0.1) is 12.8 Å². The molecule has 0 radical (unpaired) electrons. The van der Waals surface area contributed by atoms with E-state index in [-0.39, 0.29) is 18.4 Å². The molecule has 3 heteroatoms. The molecule has 1 heterocycles. The fourth-order valence-electron chi connectivity index (χ4n) is 2.65. The molecule has 3 nitrogen and oxygen atoms in total. The van der Waals surface area contributed by atoms with Gasteiger partial charge >= 0.3 is 0 Å². The number of piperidine rings is 1. The molecule has 0 aliphatic carbocycles. The van der Waals surface area contributed by atoms with E-state index >= 15 is 0 Å². The number of hydrogen-bond donors (Lipinski definition) is 1. The van der Waals surface area contributed by atoms with Crippen LogP contribution in [0.5, 0.6) is 0 Å². The second-order valence-electron chi connectivity index (χ2n) is 5.57. The first-order valence-corrected chi connectivity index (χ1v) is 7.07. The lowest BCUT2D eigenvalue weighted by atomic mass is 9.95. The van der Waals surface area contributed by atoms with Gasteiger partial charge in [0, 0.05) is 12.2 Å². The van der Waals surface area contributed by atoms with Gasteiger partial charge in [0.1, 0.15) is 0 Å². The van der Waals surface area contributed by atoms with Crippen molar-refractivity contribution < 1.29 is 9.90 Å². The van der Waals surface area contributed by atoms with Gasteiger partial charge in [-0.2, -0.15) is 0 Å². The van der Waals surface area contributed by atoms with E-state index in [1.807, 2.05) is 38.1 Å². The van der Waals surface area contributed by atoms with Crippen LogP contribution in [0.4, 0.5) is 0 Å². The Morgan fingerprint density at radius 3 is 2.42 bits per heavy atom. The summed E-state index contributed by atoms with van der Waals surface area (Å²) in [5.74, 6) is 0.611. The van der Waals surface area contributed by atoms with Crippen LogP contribution in [-0.2, 0) is 0 Å². The lowest BCUT2D eigenvalue weighted by molar-refractivity contribution is 0.0721. The molecule has 1 aliphatic rings. The fraction of sp³-hybridized carbons (Fsp3) is 0.562. The summed E-state index contributed by atoms with van der Waals surface area (Å²) in [5.41, 5.74) is 1.97. The number of likely N-dealkylation sites (tertiary alicyclic amines) is 1. The van der Waals surface area contributed by atoms with Crippen LogP contribution in [0.15, 0.2) is 24.3 Å². The highest BCUT2D eigenvalue weighted by atomic mass is 16.3. The molecule has 0 amide bonds. The van der Waals surface area contributed by atoms with E-state index in [4.69, 9.17) is 5.11 Å². The summed E-state index contributed by atoms with van der Waals surface area (Å²) in [6, 6.07) is 7.72. The van der Waals surface area contributed by atoms with Crippen LogP contribution in [0.2, 0.25) is 0 Å². The second-order valence-corrected chi connectivity index (χ2v) is 5.57. The molecule has 0 aromatic heterocycles. The van der Waals surface area contributed by atoms with E-state index in [9.17, 15) is 4.79 Å². The second kappa shape index (κ2) is 6.31. The number of hydrogen-bond acceptors (Lipinski definition) is 3. The summed E-state index contributed by atoms with van der Waals surface area (Å²) in [5, 5.41) is 9.14. The molecular weight excluding hydrogens is 238 g/mol. The van der Waals surface area contributed by atoms with Crippen molar-refractivity contribution in [3.05, 3.63) is 35.4 Å². The highest BCUT2D eigenvalue weighted by molar-refractivity contribution is 5.99. The zero-order valence-electron chi connectivity index (χ0n) is 11.8. The van der Waals surface area contributed by atoms with Gasteiger partial charge in [-0.05, 0) is 45.7 Å². The Balaban J connectivity index is 1.98. The molecule has 104 valence electrons. The number of nitrogens with zero attached hydrogens (tertiary/aromatic N) is 1. The van der Waals surface area contributed by atoms with Gasteiger partial charge in [0.05, 0.1) is 6.04 Å². The van der Waals surface area contributed by atoms with Gasteiger partial charge in [0.25, 0.3) is 0 Å². The maximum absolute atomic E-state index is 12.4. The first-order chi connectivity index (χ1) is 9.11. The highest BCUT2D eigenvalue weighted by Crippen LogP contribution is 2.20. The fourth-order valence-corrected chi connectivity index (χ4v) is 2.65. The van der Waals surface area contributed by atoms with Crippen LogP contribution in [-0.4, -0.2) is 41.5 Å². The van der Waals surface area contributed by atoms with E-state index in [0.29, 0.717) is 5.92 Å². The first-order valence-electron chi connectivity index (χ1n) is 7.07. The third kappa shape index (κ3) is 3.43. The number of aliphatic hydroxyl groups excluding tert-OH is 1. The number of aryl methyl sites for hydroxylation is 1. The normalized spacial score (nSPS) is 19.3. The van der Waals surface area contributed by atoms with Crippen molar-refractivity contribution in [2.24, 2.45) is 5.92 Å². The number of aliphatic hydroxyl groups is 1. The maximum Gasteiger partial charge on any atom is 0.179 e. The van der Waals surface area contributed by atoms with E-state index < -0.39 is 0 Å². The smallest absolute Gasteiger partial charge is 0.179 e. The summed E-state index contributed by atoms with van der Waals surface area (Å²) in [6.07, 6.45) is 1.98. The topological polar surface area (TPSA) is 40.5 Å². The zero-order chi connectivity index (χ0) is 13.8. The average Bonchev–Trinajstić information content (AvgIpc) is 2.46. The Morgan fingerprint density at radius 2 is 1.89 bits per heavy atom. The van der Waals surface area contributed by atoms with Gasteiger partial charge in [0.15, 0.2) is 5.78 Å². The Morgan fingerprint density at radius 1 is 1.32 bits per heavy atom. The predicted octanol–water partition coefficient (Wildman–Crippen LogP) is 2.27. The molecule has 0 saturated carbocycles. The molecule has 0 spiro atoms. The monoisotopic (exact) mass is 261 g/mol. The molecule has 1 saturated heterocycles. The minimum atomic E-state index is -0.0673. The third-order valence-corrected chi connectivity index (χ3v) is 4.17.